The van der Waals surface area contributed by atoms with Crippen LogP contribution in [0.1, 0.15) is 22.1 Å². The van der Waals surface area contributed by atoms with Crippen molar-refractivity contribution in [3.63, 3.8) is 0 Å². The van der Waals surface area contributed by atoms with Crippen molar-refractivity contribution in [1.29, 1.82) is 0 Å². The Morgan fingerprint density at radius 3 is 1.94 bits per heavy atom. The van der Waals surface area contributed by atoms with Gasteiger partial charge in [-0.1, -0.05) is 12.1 Å². The predicted octanol–water partition coefficient (Wildman–Crippen LogP) is -2.71. The van der Waals surface area contributed by atoms with Crippen molar-refractivity contribution >= 4 is 21.9 Å². The van der Waals surface area contributed by atoms with E-state index >= 15 is 0 Å². The Labute approximate surface area is 148 Å². The van der Waals surface area contributed by atoms with Crippen LogP contribution in [0.3, 0.4) is 0 Å². The minimum atomic E-state index is -4.19. The van der Waals surface area contributed by atoms with Gasteiger partial charge in [-0.2, -0.15) is 8.42 Å². The van der Waals surface area contributed by atoms with E-state index in [1.54, 1.807) is 12.1 Å². The van der Waals surface area contributed by atoms with Gasteiger partial charge in [-0.25, -0.2) is 0 Å². The van der Waals surface area contributed by atoms with Crippen LogP contribution in [-0.4, -0.2) is 42.0 Å². The van der Waals surface area contributed by atoms with Gasteiger partial charge in [0.05, 0.1) is 16.9 Å². The van der Waals surface area contributed by atoms with Crippen molar-refractivity contribution in [2.24, 2.45) is 0 Å². The fourth-order valence-electron chi connectivity index (χ4n) is 1.65. The Balaban J connectivity index is 0.00000162. The number of rotatable bonds is 3. The standard InChI is InChI=1S/C10H9NO5S.K.H/c12-9-7-3-1-2-4-8(7)10(13)11(9)5-6-17(14,15)16;;/h1-4H,5-6H2,(H,14,15,16);;/q;+1;-1. The molecule has 2 amide bonds. The van der Waals surface area contributed by atoms with Crippen LogP contribution >= 0.6 is 0 Å². The van der Waals surface area contributed by atoms with Gasteiger partial charge >= 0.3 is 51.4 Å². The van der Waals surface area contributed by atoms with Gasteiger partial charge in [0.25, 0.3) is 21.9 Å². The van der Waals surface area contributed by atoms with Crippen molar-refractivity contribution in [2.75, 3.05) is 12.3 Å². The largest absolute Gasteiger partial charge is 1.00 e. The van der Waals surface area contributed by atoms with Crippen LogP contribution in [0.15, 0.2) is 24.3 Å². The van der Waals surface area contributed by atoms with E-state index in [0.29, 0.717) is 0 Å². The summed E-state index contributed by atoms with van der Waals surface area (Å²) in [5.74, 6) is -1.72. The van der Waals surface area contributed by atoms with Gasteiger partial charge < -0.3 is 1.43 Å². The fourth-order valence-corrected chi connectivity index (χ4v) is 2.06. The third kappa shape index (κ3) is 3.26. The first-order valence-corrected chi connectivity index (χ1v) is 6.41. The van der Waals surface area contributed by atoms with Crippen molar-refractivity contribution in [3.8, 4) is 0 Å². The van der Waals surface area contributed by atoms with Crippen LogP contribution in [0.5, 0.6) is 0 Å². The van der Waals surface area contributed by atoms with E-state index in [1.165, 1.54) is 12.1 Å². The first kappa shape index (κ1) is 16.0. The molecule has 0 saturated carbocycles. The molecule has 18 heavy (non-hydrogen) atoms. The molecule has 0 atom stereocenters. The van der Waals surface area contributed by atoms with Crippen LogP contribution in [0.25, 0.3) is 0 Å². The molecule has 1 heterocycles. The summed E-state index contributed by atoms with van der Waals surface area (Å²) in [4.78, 5) is 24.3. The number of imide groups is 1. The van der Waals surface area contributed by atoms with Gasteiger partial charge in [-0.3, -0.25) is 19.0 Å². The van der Waals surface area contributed by atoms with Gasteiger partial charge in [-0.05, 0) is 12.1 Å². The first-order valence-electron chi connectivity index (χ1n) is 4.80. The Bertz CT molecular complexity index is 569. The second kappa shape index (κ2) is 5.91. The molecule has 1 aliphatic rings. The van der Waals surface area contributed by atoms with Gasteiger partial charge in [0.15, 0.2) is 0 Å². The zero-order chi connectivity index (χ0) is 12.6. The van der Waals surface area contributed by atoms with E-state index in [9.17, 15) is 18.0 Å². The number of hydrogen-bond acceptors (Lipinski definition) is 4. The van der Waals surface area contributed by atoms with Gasteiger partial charge in [0, 0.05) is 6.54 Å². The molecule has 0 bridgehead atoms. The number of benzene rings is 1. The minimum Gasteiger partial charge on any atom is -1.00 e. The minimum absolute atomic E-state index is 0. The van der Waals surface area contributed by atoms with Crippen LogP contribution in [-0.2, 0) is 10.1 Å². The number of fused-ring (bicyclic) bond motifs is 1. The Hall–Kier alpha value is -0.0936. The SMILES string of the molecule is O=C1c2ccccc2C(=O)N1CCS(=O)(=O)O.[H-].[K+]. The number of nitrogens with zero attached hydrogens (tertiary/aromatic N) is 1. The van der Waals surface area contributed by atoms with Crippen LogP contribution in [0.4, 0.5) is 0 Å². The molecule has 0 spiro atoms. The molecule has 0 aromatic heterocycles. The second-order valence-corrected chi connectivity index (χ2v) is 5.17. The Morgan fingerprint density at radius 2 is 1.56 bits per heavy atom. The second-order valence-electron chi connectivity index (χ2n) is 3.59. The normalized spacial score (nSPS) is 14.4. The summed E-state index contributed by atoms with van der Waals surface area (Å²) in [5.41, 5.74) is 0.515. The summed E-state index contributed by atoms with van der Waals surface area (Å²) in [5, 5.41) is 0. The molecule has 2 rings (SSSR count). The maximum atomic E-state index is 11.8. The molecule has 0 aliphatic carbocycles. The average molecular weight is 295 g/mol. The molecular weight excluding hydrogens is 285 g/mol. The topological polar surface area (TPSA) is 91.8 Å². The van der Waals surface area contributed by atoms with E-state index in [-0.39, 0.29) is 70.5 Å². The number of carbonyl (C=O) groups is 2. The van der Waals surface area contributed by atoms with Gasteiger partial charge in [0.1, 0.15) is 0 Å². The molecule has 1 aromatic carbocycles. The monoisotopic (exact) mass is 295 g/mol. The third-order valence-corrected chi connectivity index (χ3v) is 3.15. The average Bonchev–Trinajstić information content (AvgIpc) is 2.49. The van der Waals surface area contributed by atoms with E-state index in [1.807, 2.05) is 0 Å². The smallest absolute Gasteiger partial charge is 1.00 e. The zero-order valence-electron chi connectivity index (χ0n) is 10.7. The Morgan fingerprint density at radius 1 is 1.11 bits per heavy atom. The fraction of sp³-hybridized carbons (Fsp3) is 0.200. The maximum Gasteiger partial charge on any atom is 1.00 e. The first-order chi connectivity index (χ1) is 7.90. The predicted molar refractivity (Wildman–Crippen MR) is 59.3 cm³/mol. The molecule has 0 fully saturated rings. The summed E-state index contributed by atoms with van der Waals surface area (Å²) in [7, 11) is -4.19. The summed E-state index contributed by atoms with van der Waals surface area (Å²) in [6.45, 7) is -0.342. The molecule has 1 N–H and O–H groups in total. The molecule has 92 valence electrons. The summed E-state index contributed by atoms with van der Waals surface area (Å²) in [6.07, 6.45) is 0. The molecule has 8 heteroatoms. The number of carbonyl (C=O) groups excluding carboxylic acids is 2. The zero-order valence-corrected chi connectivity index (χ0v) is 13.6. The molecule has 1 aliphatic heterocycles. The number of hydrogen-bond donors (Lipinski definition) is 1. The molecule has 0 unspecified atom stereocenters. The van der Waals surface area contributed by atoms with E-state index in [2.05, 4.69) is 0 Å². The van der Waals surface area contributed by atoms with E-state index < -0.39 is 27.7 Å². The number of amides is 2. The van der Waals surface area contributed by atoms with E-state index in [0.717, 1.165) is 4.90 Å². The summed E-state index contributed by atoms with van der Waals surface area (Å²) >= 11 is 0. The molecule has 0 radical (unpaired) electrons. The summed E-state index contributed by atoms with van der Waals surface area (Å²) < 4.78 is 29.8. The van der Waals surface area contributed by atoms with Crippen molar-refractivity contribution < 1.29 is 75.4 Å². The van der Waals surface area contributed by atoms with Crippen LogP contribution < -0.4 is 51.4 Å². The van der Waals surface area contributed by atoms with Gasteiger partial charge in [0.2, 0.25) is 0 Å². The third-order valence-electron chi connectivity index (χ3n) is 2.45. The van der Waals surface area contributed by atoms with E-state index in [4.69, 9.17) is 4.55 Å². The molecule has 6 nitrogen and oxygen atoms in total. The quantitative estimate of drug-likeness (QED) is 0.372. The van der Waals surface area contributed by atoms with Crippen molar-refractivity contribution in [3.05, 3.63) is 35.4 Å². The van der Waals surface area contributed by atoms with Crippen LogP contribution in [0.2, 0.25) is 0 Å². The van der Waals surface area contributed by atoms with Crippen LogP contribution in [0, 0.1) is 0 Å². The van der Waals surface area contributed by atoms with Gasteiger partial charge in [-0.15, -0.1) is 0 Å². The summed E-state index contributed by atoms with van der Waals surface area (Å²) in [6, 6.07) is 6.25. The maximum absolute atomic E-state index is 11.8. The molecular formula is C10H10KNO5S. The van der Waals surface area contributed by atoms with Crippen molar-refractivity contribution in [1.82, 2.24) is 4.90 Å². The molecule has 0 saturated heterocycles. The Kier molecular flexibility index (Phi) is 5.24. The van der Waals surface area contributed by atoms with Crippen molar-refractivity contribution in [2.45, 2.75) is 0 Å². The molecule has 1 aromatic rings.